The molecule has 15 heavy (non-hydrogen) atoms. The zero-order valence-electron chi connectivity index (χ0n) is 8.50. The first-order valence-corrected chi connectivity index (χ1v) is 5.55. The van der Waals surface area contributed by atoms with Crippen molar-refractivity contribution in [3.05, 3.63) is 32.4 Å². The number of nitrogens with zero attached hydrogens (tertiary/aromatic N) is 1. The van der Waals surface area contributed by atoms with Crippen molar-refractivity contribution in [3.8, 4) is 6.07 Å². The van der Waals surface area contributed by atoms with E-state index in [1.54, 1.807) is 13.0 Å². The van der Waals surface area contributed by atoms with Gasteiger partial charge in [0.15, 0.2) is 0 Å². The number of carbonyl (C=O) groups is 1. The van der Waals surface area contributed by atoms with Gasteiger partial charge >= 0.3 is 5.97 Å². The second-order valence-electron chi connectivity index (χ2n) is 3.00. The number of nitriles is 1. The summed E-state index contributed by atoms with van der Waals surface area (Å²) < 4.78 is 5.66. The molecule has 0 amide bonds. The first-order valence-electron chi connectivity index (χ1n) is 4.47. The summed E-state index contributed by atoms with van der Waals surface area (Å²) in [7, 11) is 0. The Morgan fingerprint density at radius 3 is 2.80 bits per heavy atom. The minimum atomic E-state index is -0.435. The lowest BCUT2D eigenvalue weighted by atomic mass is 10.1. The first kappa shape index (κ1) is 12.0. The smallest absolute Gasteiger partial charge is 0.339 e. The predicted molar refractivity (Wildman–Crippen MR) is 64.6 cm³/mol. The van der Waals surface area contributed by atoms with Gasteiger partial charge in [-0.25, -0.2) is 4.79 Å². The standard InChI is InChI=1S/C11H10INO2/c1-3-15-11(14)8-4-7(2)5-10(12)9(8)6-13/h4-5H,3H2,1-2H3. The van der Waals surface area contributed by atoms with Gasteiger partial charge in [0.1, 0.15) is 6.07 Å². The Hall–Kier alpha value is -1.09. The van der Waals surface area contributed by atoms with E-state index < -0.39 is 5.97 Å². The van der Waals surface area contributed by atoms with E-state index >= 15 is 0 Å². The average Bonchev–Trinajstić information content (AvgIpc) is 2.17. The summed E-state index contributed by atoms with van der Waals surface area (Å²) in [6.07, 6.45) is 0. The molecule has 1 aromatic carbocycles. The molecule has 3 nitrogen and oxygen atoms in total. The highest BCUT2D eigenvalue weighted by Gasteiger charge is 2.15. The van der Waals surface area contributed by atoms with Gasteiger partial charge in [0.05, 0.1) is 17.7 Å². The first-order chi connectivity index (χ1) is 7.10. The van der Waals surface area contributed by atoms with Gasteiger partial charge in [0, 0.05) is 3.57 Å². The summed E-state index contributed by atoms with van der Waals surface area (Å²) in [5.74, 6) is -0.435. The van der Waals surface area contributed by atoms with Crippen molar-refractivity contribution in [3.63, 3.8) is 0 Å². The Morgan fingerprint density at radius 1 is 1.60 bits per heavy atom. The minimum Gasteiger partial charge on any atom is -0.462 e. The highest BCUT2D eigenvalue weighted by molar-refractivity contribution is 14.1. The van der Waals surface area contributed by atoms with Crippen molar-refractivity contribution in [2.75, 3.05) is 6.61 Å². The van der Waals surface area contributed by atoms with E-state index in [-0.39, 0.29) is 0 Å². The lowest BCUT2D eigenvalue weighted by molar-refractivity contribution is 0.0526. The maximum atomic E-state index is 11.6. The number of hydrogen-bond acceptors (Lipinski definition) is 3. The zero-order chi connectivity index (χ0) is 11.4. The summed E-state index contributed by atoms with van der Waals surface area (Å²) in [5.41, 5.74) is 1.69. The summed E-state index contributed by atoms with van der Waals surface area (Å²) >= 11 is 2.04. The molecule has 0 atom stereocenters. The number of benzene rings is 1. The van der Waals surface area contributed by atoms with Crippen molar-refractivity contribution >= 4 is 28.6 Å². The number of esters is 1. The fourth-order valence-electron chi connectivity index (χ4n) is 1.23. The maximum Gasteiger partial charge on any atom is 0.339 e. The molecule has 0 radical (unpaired) electrons. The Labute approximate surface area is 102 Å². The Bertz CT molecular complexity index is 435. The van der Waals surface area contributed by atoms with Gasteiger partial charge in [-0.05, 0) is 54.1 Å². The molecule has 0 aliphatic heterocycles. The maximum absolute atomic E-state index is 11.6. The van der Waals surface area contributed by atoms with E-state index in [0.717, 1.165) is 9.13 Å². The van der Waals surface area contributed by atoms with Crippen molar-refractivity contribution in [2.45, 2.75) is 13.8 Å². The topological polar surface area (TPSA) is 50.1 Å². The average molecular weight is 315 g/mol. The lowest BCUT2D eigenvalue weighted by Crippen LogP contribution is -2.08. The molecule has 1 aromatic rings. The van der Waals surface area contributed by atoms with E-state index in [1.807, 2.05) is 41.7 Å². The fraction of sp³-hybridized carbons (Fsp3) is 0.273. The van der Waals surface area contributed by atoms with Crippen LogP contribution in [0.15, 0.2) is 12.1 Å². The number of hydrogen-bond donors (Lipinski definition) is 0. The molecule has 0 N–H and O–H groups in total. The zero-order valence-corrected chi connectivity index (χ0v) is 10.7. The van der Waals surface area contributed by atoms with Crippen molar-refractivity contribution in [2.24, 2.45) is 0 Å². The molecule has 1 rings (SSSR count). The molecular weight excluding hydrogens is 305 g/mol. The predicted octanol–water partition coefficient (Wildman–Crippen LogP) is 2.65. The van der Waals surface area contributed by atoms with E-state index in [1.165, 1.54) is 0 Å². The summed E-state index contributed by atoms with van der Waals surface area (Å²) in [6, 6.07) is 5.56. The molecule has 0 bridgehead atoms. The van der Waals surface area contributed by atoms with Crippen LogP contribution in [0.4, 0.5) is 0 Å². The van der Waals surface area contributed by atoms with E-state index in [2.05, 4.69) is 0 Å². The molecule has 78 valence electrons. The molecule has 0 fully saturated rings. The van der Waals surface area contributed by atoms with Crippen LogP contribution in [-0.4, -0.2) is 12.6 Å². The van der Waals surface area contributed by atoms with Gasteiger partial charge < -0.3 is 4.74 Å². The SMILES string of the molecule is CCOC(=O)c1cc(C)cc(I)c1C#N. The lowest BCUT2D eigenvalue weighted by Gasteiger charge is -2.06. The number of halogens is 1. The molecule has 4 heteroatoms. The van der Waals surface area contributed by atoms with Crippen LogP contribution < -0.4 is 0 Å². The van der Waals surface area contributed by atoms with Crippen LogP contribution in [0.1, 0.15) is 28.4 Å². The van der Waals surface area contributed by atoms with Gasteiger partial charge in [-0.1, -0.05) is 0 Å². The molecule has 0 spiro atoms. The quantitative estimate of drug-likeness (QED) is 0.623. The summed E-state index contributed by atoms with van der Waals surface area (Å²) in [6.45, 7) is 3.94. The largest absolute Gasteiger partial charge is 0.462 e. The van der Waals surface area contributed by atoms with Crippen LogP contribution in [-0.2, 0) is 4.74 Å². The van der Waals surface area contributed by atoms with Crippen LogP contribution >= 0.6 is 22.6 Å². The normalized spacial score (nSPS) is 9.47. The van der Waals surface area contributed by atoms with Crippen molar-refractivity contribution in [1.82, 2.24) is 0 Å². The molecular formula is C11H10INO2. The third kappa shape index (κ3) is 2.69. The van der Waals surface area contributed by atoms with Gasteiger partial charge in [0.25, 0.3) is 0 Å². The van der Waals surface area contributed by atoms with E-state index in [9.17, 15) is 4.79 Å². The van der Waals surface area contributed by atoms with Crippen molar-refractivity contribution < 1.29 is 9.53 Å². The molecule has 0 saturated carbocycles. The number of carbonyl (C=O) groups excluding carboxylic acids is 1. The molecule has 0 unspecified atom stereocenters. The Balaban J connectivity index is 3.28. The molecule has 0 aliphatic rings. The summed E-state index contributed by atoms with van der Waals surface area (Å²) in [4.78, 5) is 11.6. The molecule has 0 heterocycles. The second-order valence-corrected chi connectivity index (χ2v) is 4.16. The van der Waals surface area contributed by atoms with Crippen molar-refractivity contribution in [1.29, 1.82) is 5.26 Å². The van der Waals surface area contributed by atoms with Gasteiger partial charge in [0.2, 0.25) is 0 Å². The second kappa shape index (κ2) is 5.12. The highest BCUT2D eigenvalue weighted by atomic mass is 127. The third-order valence-electron chi connectivity index (χ3n) is 1.84. The molecule has 0 aromatic heterocycles. The number of aryl methyl sites for hydroxylation is 1. The minimum absolute atomic E-state index is 0.314. The van der Waals surface area contributed by atoms with Gasteiger partial charge in [-0.2, -0.15) is 5.26 Å². The summed E-state index contributed by atoms with van der Waals surface area (Å²) in [5, 5.41) is 8.94. The highest BCUT2D eigenvalue weighted by Crippen LogP contribution is 2.19. The third-order valence-corrected chi connectivity index (χ3v) is 2.69. The van der Waals surface area contributed by atoms with Crippen LogP contribution in [0.25, 0.3) is 0 Å². The fourth-order valence-corrected chi connectivity index (χ4v) is 2.13. The van der Waals surface area contributed by atoms with E-state index in [0.29, 0.717) is 17.7 Å². The van der Waals surface area contributed by atoms with Crippen LogP contribution in [0.5, 0.6) is 0 Å². The molecule has 0 saturated heterocycles. The Morgan fingerprint density at radius 2 is 2.27 bits per heavy atom. The molecule has 0 aliphatic carbocycles. The van der Waals surface area contributed by atoms with Gasteiger partial charge in [-0.3, -0.25) is 0 Å². The number of ether oxygens (including phenoxy) is 1. The van der Waals surface area contributed by atoms with Gasteiger partial charge in [-0.15, -0.1) is 0 Å². The van der Waals surface area contributed by atoms with Crippen LogP contribution in [0, 0.1) is 21.8 Å². The number of rotatable bonds is 2. The van der Waals surface area contributed by atoms with Crippen LogP contribution in [0.2, 0.25) is 0 Å². The Kier molecular flexibility index (Phi) is 4.09. The monoisotopic (exact) mass is 315 g/mol. The van der Waals surface area contributed by atoms with Crippen LogP contribution in [0.3, 0.4) is 0 Å². The van der Waals surface area contributed by atoms with E-state index in [4.69, 9.17) is 10.00 Å².